The summed E-state index contributed by atoms with van der Waals surface area (Å²) < 4.78 is 0. The van der Waals surface area contributed by atoms with Crippen LogP contribution in [-0.2, 0) is 6.42 Å². The molecule has 0 aliphatic carbocycles. The molecular formula is C12H17N. The molecule has 0 atom stereocenters. The Labute approximate surface area is 80.3 Å². The molecule has 1 nitrogen and oxygen atoms in total. The standard InChI is InChI=1S/C12H17N/c1-12(2,3)11(13)9-10-7-5-4-6-8-10/h4-8,13H,9H2,1-3H3. The first-order valence-electron chi connectivity index (χ1n) is 4.62. The summed E-state index contributed by atoms with van der Waals surface area (Å²) in [6.07, 6.45) is 0.768. The summed E-state index contributed by atoms with van der Waals surface area (Å²) in [6.45, 7) is 6.24. The average molecular weight is 175 g/mol. The van der Waals surface area contributed by atoms with Crippen molar-refractivity contribution >= 4 is 5.71 Å². The predicted octanol–water partition coefficient (Wildman–Crippen LogP) is 3.29. The van der Waals surface area contributed by atoms with Crippen molar-refractivity contribution in [3.63, 3.8) is 0 Å². The van der Waals surface area contributed by atoms with Crippen molar-refractivity contribution in [2.75, 3.05) is 0 Å². The Balaban J connectivity index is 2.66. The maximum atomic E-state index is 7.88. The summed E-state index contributed by atoms with van der Waals surface area (Å²) in [5, 5.41) is 7.88. The van der Waals surface area contributed by atoms with Gasteiger partial charge in [0.1, 0.15) is 0 Å². The molecule has 1 heteroatoms. The molecule has 0 aromatic heterocycles. The second-order valence-electron chi connectivity index (χ2n) is 4.39. The van der Waals surface area contributed by atoms with Gasteiger partial charge in [-0.3, -0.25) is 0 Å². The lowest BCUT2D eigenvalue weighted by Gasteiger charge is -2.19. The normalized spacial score (nSPS) is 11.3. The quantitative estimate of drug-likeness (QED) is 0.667. The van der Waals surface area contributed by atoms with Crippen LogP contribution in [0.25, 0.3) is 0 Å². The van der Waals surface area contributed by atoms with E-state index in [1.165, 1.54) is 5.56 Å². The summed E-state index contributed by atoms with van der Waals surface area (Å²) in [7, 11) is 0. The second kappa shape index (κ2) is 3.73. The molecule has 0 radical (unpaired) electrons. The minimum absolute atomic E-state index is 0.00413. The van der Waals surface area contributed by atoms with Gasteiger partial charge in [0, 0.05) is 12.1 Å². The summed E-state index contributed by atoms with van der Waals surface area (Å²) in [6, 6.07) is 10.2. The maximum Gasteiger partial charge on any atom is 0.0186 e. The van der Waals surface area contributed by atoms with E-state index in [2.05, 4.69) is 32.9 Å². The van der Waals surface area contributed by atoms with E-state index in [0.717, 1.165) is 12.1 Å². The van der Waals surface area contributed by atoms with E-state index < -0.39 is 0 Å². The molecule has 70 valence electrons. The highest BCUT2D eigenvalue weighted by molar-refractivity contribution is 5.88. The Morgan fingerprint density at radius 1 is 1.15 bits per heavy atom. The predicted molar refractivity (Wildman–Crippen MR) is 57.3 cm³/mol. The zero-order valence-corrected chi connectivity index (χ0v) is 8.59. The largest absolute Gasteiger partial charge is 0.309 e. The van der Waals surface area contributed by atoms with Gasteiger partial charge in [-0.25, -0.2) is 0 Å². The van der Waals surface area contributed by atoms with Gasteiger partial charge in [0.2, 0.25) is 0 Å². The summed E-state index contributed by atoms with van der Waals surface area (Å²) in [5.41, 5.74) is 2.01. The lowest BCUT2D eigenvalue weighted by molar-refractivity contribution is 0.577. The van der Waals surface area contributed by atoms with Crippen molar-refractivity contribution in [3.05, 3.63) is 35.9 Å². The van der Waals surface area contributed by atoms with Crippen LogP contribution in [0.5, 0.6) is 0 Å². The van der Waals surface area contributed by atoms with E-state index >= 15 is 0 Å². The number of hydrogen-bond acceptors (Lipinski definition) is 1. The zero-order valence-electron chi connectivity index (χ0n) is 8.59. The van der Waals surface area contributed by atoms with Gasteiger partial charge in [-0.2, -0.15) is 0 Å². The first kappa shape index (κ1) is 9.97. The van der Waals surface area contributed by atoms with E-state index in [1.807, 2.05) is 18.2 Å². The molecule has 0 unspecified atom stereocenters. The molecule has 1 N–H and O–H groups in total. The third-order valence-corrected chi connectivity index (χ3v) is 2.13. The minimum atomic E-state index is -0.00413. The molecule has 0 saturated carbocycles. The molecule has 1 aromatic rings. The van der Waals surface area contributed by atoms with Crippen LogP contribution in [-0.4, -0.2) is 5.71 Å². The molecule has 1 rings (SSSR count). The van der Waals surface area contributed by atoms with Crippen LogP contribution < -0.4 is 0 Å². The average Bonchev–Trinajstić information content (AvgIpc) is 2.04. The number of nitrogens with one attached hydrogen (secondary N) is 1. The van der Waals surface area contributed by atoms with E-state index in [9.17, 15) is 0 Å². The van der Waals surface area contributed by atoms with Gasteiger partial charge in [-0.15, -0.1) is 0 Å². The first-order chi connectivity index (χ1) is 6.00. The molecule has 1 aromatic carbocycles. The van der Waals surface area contributed by atoms with Crippen molar-refractivity contribution in [1.82, 2.24) is 0 Å². The molecule has 0 aliphatic rings. The van der Waals surface area contributed by atoms with E-state index in [-0.39, 0.29) is 5.41 Å². The van der Waals surface area contributed by atoms with Crippen LogP contribution in [0.15, 0.2) is 30.3 Å². The van der Waals surface area contributed by atoms with Crippen LogP contribution in [0, 0.1) is 10.8 Å². The van der Waals surface area contributed by atoms with E-state index in [1.54, 1.807) is 0 Å². The summed E-state index contributed by atoms with van der Waals surface area (Å²) in [5.74, 6) is 0. The number of rotatable bonds is 2. The van der Waals surface area contributed by atoms with Gasteiger partial charge in [0.25, 0.3) is 0 Å². The van der Waals surface area contributed by atoms with Crippen LogP contribution in [0.3, 0.4) is 0 Å². The van der Waals surface area contributed by atoms with Crippen LogP contribution in [0.2, 0.25) is 0 Å². The third kappa shape index (κ3) is 3.02. The van der Waals surface area contributed by atoms with Gasteiger partial charge in [0.15, 0.2) is 0 Å². The highest BCUT2D eigenvalue weighted by Gasteiger charge is 2.16. The van der Waals surface area contributed by atoms with Crippen molar-refractivity contribution in [2.24, 2.45) is 5.41 Å². The molecule has 0 amide bonds. The van der Waals surface area contributed by atoms with Crippen molar-refractivity contribution < 1.29 is 0 Å². The smallest absolute Gasteiger partial charge is 0.0186 e. The fourth-order valence-corrected chi connectivity index (χ4v) is 1.07. The highest BCUT2D eigenvalue weighted by atomic mass is 14.5. The molecule has 0 heterocycles. The zero-order chi connectivity index (χ0) is 9.90. The number of benzene rings is 1. The van der Waals surface area contributed by atoms with Gasteiger partial charge >= 0.3 is 0 Å². The Kier molecular flexibility index (Phi) is 2.86. The van der Waals surface area contributed by atoms with E-state index in [4.69, 9.17) is 5.41 Å². The van der Waals surface area contributed by atoms with Gasteiger partial charge in [-0.05, 0) is 11.0 Å². The molecule has 0 fully saturated rings. The van der Waals surface area contributed by atoms with Crippen molar-refractivity contribution in [2.45, 2.75) is 27.2 Å². The fourth-order valence-electron chi connectivity index (χ4n) is 1.07. The molecule has 0 aliphatic heterocycles. The molecule has 0 bridgehead atoms. The topological polar surface area (TPSA) is 23.9 Å². The Bertz CT molecular complexity index is 280. The highest BCUT2D eigenvalue weighted by Crippen LogP contribution is 2.17. The van der Waals surface area contributed by atoms with E-state index in [0.29, 0.717) is 0 Å². The maximum absolute atomic E-state index is 7.88. The monoisotopic (exact) mass is 175 g/mol. The summed E-state index contributed by atoms with van der Waals surface area (Å²) in [4.78, 5) is 0. The second-order valence-corrected chi connectivity index (χ2v) is 4.39. The lowest BCUT2D eigenvalue weighted by Crippen LogP contribution is -2.21. The van der Waals surface area contributed by atoms with Crippen LogP contribution in [0.4, 0.5) is 0 Å². The van der Waals surface area contributed by atoms with Crippen molar-refractivity contribution in [3.8, 4) is 0 Å². The first-order valence-corrected chi connectivity index (χ1v) is 4.62. The molecule has 0 saturated heterocycles. The molecule has 0 spiro atoms. The minimum Gasteiger partial charge on any atom is -0.309 e. The lowest BCUT2D eigenvalue weighted by atomic mass is 9.86. The Hall–Kier alpha value is -1.11. The van der Waals surface area contributed by atoms with Gasteiger partial charge in [-0.1, -0.05) is 51.1 Å². The van der Waals surface area contributed by atoms with Gasteiger partial charge in [0.05, 0.1) is 0 Å². The van der Waals surface area contributed by atoms with Crippen LogP contribution in [0.1, 0.15) is 26.3 Å². The SMILES string of the molecule is CC(C)(C)C(=N)Cc1ccccc1. The molecular weight excluding hydrogens is 158 g/mol. The summed E-state index contributed by atoms with van der Waals surface area (Å²) >= 11 is 0. The fraction of sp³-hybridized carbons (Fsp3) is 0.417. The third-order valence-electron chi connectivity index (χ3n) is 2.13. The Morgan fingerprint density at radius 3 is 2.15 bits per heavy atom. The number of hydrogen-bond donors (Lipinski definition) is 1. The van der Waals surface area contributed by atoms with Gasteiger partial charge < -0.3 is 5.41 Å². The Morgan fingerprint density at radius 2 is 1.69 bits per heavy atom. The molecule has 13 heavy (non-hydrogen) atoms. The van der Waals surface area contributed by atoms with Crippen LogP contribution >= 0.6 is 0 Å². The van der Waals surface area contributed by atoms with Crippen molar-refractivity contribution in [1.29, 1.82) is 5.41 Å².